The summed E-state index contributed by atoms with van der Waals surface area (Å²) in [6.45, 7) is 4.74. The minimum Gasteiger partial charge on any atom is -0.310 e. The van der Waals surface area contributed by atoms with Crippen LogP contribution in [0.3, 0.4) is 0 Å². The van der Waals surface area contributed by atoms with E-state index in [0.717, 1.165) is 11.4 Å². The second-order valence-corrected chi connectivity index (χ2v) is 16.0. The fraction of sp³-hybridized carbons (Fsp3) is 0.0545. The number of rotatable bonds is 4. The fourth-order valence-corrected chi connectivity index (χ4v) is 10.2. The molecule has 0 saturated heterocycles. The molecule has 0 saturated carbocycles. The van der Waals surface area contributed by atoms with Crippen LogP contribution in [-0.4, -0.2) is 0 Å². The molecule has 56 heavy (non-hydrogen) atoms. The van der Waals surface area contributed by atoms with Gasteiger partial charge in [0, 0.05) is 27.6 Å². The van der Waals surface area contributed by atoms with Gasteiger partial charge in [0.15, 0.2) is 0 Å². The summed E-state index contributed by atoms with van der Waals surface area (Å²) < 4.78 is 0. The van der Waals surface area contributed by atoms with Crippen LogP contribution in [0.1, 0.15) is 25.0 Å². The third-order valence-electron chi connectivity index (χ3n) is 12.7. The molecule has 0 unspecified atom stereocenters. The van der Waals surface area contributed by atoms with Gasteiger partial charge in [-0.05, 0) is 118 Å². The number of nitrogens with zero attached hydrogens (tertiary/aromatic N) is 1. The van der Waals surface area contributed by atoms with Gasteiger partial charge in [0.05, 0.1) is 5.69 Å². The summed E-state index contributed by atoms with van der Waals surface area (Å²) in [5.41, 5.74) is 11.2. The molecule has 11 aromatic rings. The Hall–Kier alpha value is -6.96. The minimum absolute atomic E-state index is 0.123. The van der Waals surface area contributed by atoms with Crippen LogP contribution in [0.25, 0.3) is 86.9 Å². The zero-order valence-electron chi connectivity index (χ0n) is 31.3. The number of hydrogen-bond acceptors (Lipinski definition) is 1. The van der Waals surface area contributed by atoms with E-state index in [1.165, 1.54) is 104 Å². The zero-order chi connectivity index (χ0) is 37.1. The average Bonchev–Trinajstić information content (AvgIpc) is 3.48. The van der Waals surface area contributed by atoms with Gasteiger partial charge < -0.3 is 4.90 Å². The monoisotopic (exact) mass is 711 g/mol. The van der Waals surface area contributed by atoms with E-state index >= 15 is 0 Å². The second kappa shape index (κ2) is 11.5. The highest BCUT2D eigenvalue weighted by molar-refractivity contribution is 6.38. The van der Waals surface area contributed by atoms with Gasteiger partial charge >= 0.3 is 0 Å². The van der Waals surface area contributed by atoms with Crippen LogP contribution in [0.4, 0.5) is 17.1 Å². The maximum absolute atomic E-state index is 2.51. The van der Waals surface area contributed by atoms with E-state index in [1.807, 2.05) is 0 Å². The quantitative estimate of drug-likeness (QED) is 0.164. The SMILES string of the molecule is CC1(C)c2ccccc2-c2ccc(N(c3ccc(-c4ccccc4)cc3)c3cc4cccc5c6cccc7ccc8cccc(c9cccc3c9c45)c8c76)cc21. The molecular weight excluding hydrogens is 675 g/mol. The topological polar surface area (TPSA) is 3.24 Å². The lowest BCUT2D eigenvalue weighted by molar-refractivity contribution is 0.660. The Morgan fingerprint density at radius 2 is 0.857 bits per heavy atom. The molecule has 0 fully saturated rings. The molecule has 11 aromatic carbocycles. The van der Waals surface area contributed by atoms with E-state index in [0.29, 0.717) is 0 Å². The summed E-state index contributed by atoms with van der Waals surface area (Å²) in [5.74, 6) is 0. The van der Waals surface area contributed by atoms with Crippen molar-refractivity contribution in [3.8, 4) is 22.3 Å². The first-order chi connectivity index (χ1) is 27.5. The molecule has 0 atom stereocenters. The normalized spacial score (nSPS) is 13.3. The molecule has 0 bridgehead atoms. The van der Waals surface area contributed by atoms with E-state index in [4.69, 9.17) is 0 Å². The summed E-state index contributed by atoms with van der Waals surface area (Å²) in [6.07, 6.45) is 0. The van der Waals surface area contributed by atoms with Crippen molar-refractivity contribution in [2.45, 2.75) is 19.3 Å². The number of hydrogen-bond donors (Lipinski definition) is 0. The highest BCUT2D eigenvalue weighted by Crippen LogP contribution is 2.52. The van der Waals surface area contributed by atoms with Crippen LogP contribution in [0.15, 0.2) is 188 Å². The molecule has 262 valence electrons. The van der Waals surface area contributed by atoms with Crippen molar-refractivity contribution in [1.82, 2.24) is 0 Å². The van der Waals surface area contributed by atoms with Gasteiger partial charge in [-0.25, -0.2) is 0 Å². The van der Waals surface area contributed by atoms with E-state index in [9.17, 15) is 0 Å². The smallest absolute Gasteiger partial charge is 0.0546 e. The van der Waals surface area contributed by atoms with Gasteiger partial charge in [-0.1, -0.05) is 172 Å². The molecule has 1 aliphatic rings. The highest BCUT2D eigenvalue weighted by Gasteiger charge is 2.36. The van der Waals surface area contributed by atoms with Crippen molar-refractivity contribution in [2.75, 3.05) is 4.90 Å². The summed E-state index contributed by atoms with van der Waals surface area (Å²) in [7, 11) is 0. The van der Waals surface area contributed by atoms with Gasteiger partial charge in [-0.2, -0.15) is 0 Å². The van der Waals surface area contributed by atoms with Crippen molar-refractivity contribution in [3.63, 3.8) is 0 Å². The molecule has 0 spiro atoms. The van der Waals surface area contributed by atoms with Gasteiger partial charge in [0.25, 0.3) is 0 Å². The molecular formula is C55H37N. The standard InChI is InChI=1S/C55H37N/c1-55(2)48-23-7-6-17-41(48)42-31-30-40(33-49(42)55)56(39-28-26-35(27-29-39)34-12-4-3-5-13-34)50-32-38-16-10-20-44-43-18-8-14-36-24-25-37-15-9-19-45(52(37)51(36)43)46-21-11-22-47(50)54(46)53(38)44/h3-33H,1-2H3. The Morgan fingerprint density at radius 1 is 0.339 bits per heavy atom. The van der Waals surface area contributed by atoms with Gasteiger partial charge in [0.2, 0.25) is 0 Å². The maximum atomic E-state index is 2.51. The van der Waals surface area contributed by atoms with E-state index in [1.54, 1.807) is 0 Å². The van der Waals surface area contributed by atoms with Crippen LogP contribution in [-0.2, 0) is 5.41 Å². The van der Waals surface area contributed by atoms with Gasteiger partial charge in [-0.3, -0.25) is 0 Å². The van der Waals surface area contributed by atoms with E-state index in [-0.39, 0.29) is 5.41 Å². The number of benzene rings is 10. The van der Waals surface area contributed by atoms with Crippen LogP contribution in [0, 0.1) is 0 Å². The highest BCUT2D eigenvalue weighted by atomic mass is 15.1. The molecule has 0 amide bonds. The zero-order valence-corrected chi connectivity index (χ0v) is 31.3. The fourth-order valence-electron chi connectivity index (χ4n) is 10.2. The molecule has 1 heteroatoms. The Kier molecular flexibility index (Phi) is 6.46. The van der Waals surface area contributed by atoms with Crippen molar-refractivity contribution < 1.29 is 0 Å². The van der Waals surface area contributed by atoms with Crippen LogP contribution < -0.4 is 4.90 Å². The molecule has 12 rings (SSSR count). The molecule has 0 aliphatic heterocycles. The minimum atomic E-state index is -0.123. The maximum Gasteiger partial charge on any atom is 0.0546 e. The number of anilines is 3. The van der Waals surface area contributed by atoms with E-state index in [2.05, 4.69) is 207 Å². The number of fused-ring (bicyclic) bond motifs is 5. The summed E-state index contributed by atoms with van der Waals surface area (Å²) in [5, 5.41) is 15.4. The summed E-state index contributed by atoms with van der Waals surface area (Å²) in [6, 6.07) is 70.4. The lowest BCUT2D eigenvalue weighted by Gasteiger charge is -2.30. The Bertz CT molecular complexity index is 3370. The van der Waals surface area contributed by atoms with Gasteiger partial charge in [0.1, 0.15) is 0 Å². The first-order valence-corrected chi connectivity index (χ1v) is 19.7. The molecule has 1 aliphatic carbocycles. The largest absolute Gasteiger partial charge is 0.310 e. The Balaban J connectivity index is 1.20. The lowest BCUT2D eigenvalue weighted by atomic mass is 9.82. The molecule has 0 N–H and O–H groups in total. The summed E-state index contributed by atoms with van der Waals surface area (Å²) >= 11 is 0. The lowest BCUT2D eigenvalue weighted by Crippen LogP contribution is -2.16. The van der Waals surface area contributed by atoms with Crippen molar-refractivity contribution in [1.29, 1.82) is 0 Å². The molecule has 0 radical (unpaired) electrons. The average molecular weight is 712 g/mol. The Morgan fingerprint density at radius 3 is 1.55 bits per heavy atom. The Labute approximate surface area is 326 Å². The predicted octanol–water partition coefficient (Wildman–Crippen LogP) is 15.5. The van der Waals surface area contributed by atoms with Crippen molar-refractivity contribution in [2.24, 2.45) is 0 Å². The first kappa shape index (κ1) is 31.4. The predicted molar refractivity (Wildman–Crippen MR) is 240 cm³/mol. The molecule has 0 heterocycles. The molecule has 0 aromatic heterocycles. The first-order valence-electron chi connectivity index (χ1n) is 19.7. The summed E-state index contributed by atoms with van der Waals surface area (Å²) in [4.78, 5) is 2.51. The van der Waals surface area contributed by atoms with E-state index < -0.39 is 0 Å². The second-order valence-electron chi connectivity index (χ2n) is 16.0. The van der Waals surface area contributed by atoms with Crippen LogP contribution in [0.2, 0.25) is 0 Å². The van der Waals surface area contributed by atoms with Crippen molar-refractivity contribution in [3.05, 3.63) is 199 Å². The van der Waals surface area contributed by atoms with Crippen LogP contribution >= 0.6 is 0 Å². The van der Waals surface area contributed by atoms with Crippen molar-refractivity contribution >= 4 is 81.7 Å². The van der Waals surface area contributed by atoms with Crippen LogP contribution in [0.5, 0.6) is 0 Å². The third-order valence-corrected chi connectivity index (χ3v) is 12.7. The third kappa shape index (κ3) is 4.31. The van der Waals surface area contributed by atoms with Gasteiger partial charge in [-0.15, -0.1) is 0 Å². The molecule has 1 nitrogen and oxygen atoms in total.